The van der Waals surface area contributed by atoms with Gasteiger partial charge in [0.05, 0.1) is 43.4 Å². The molecule has 5 aromatic rings. The number of nitrogens with one attached hydrogen (secondary N) is 3. The van der Waals surface area contributed by atoms with Crippen LogP contribution in [-0.2, 0) is 51.3 Å². The van der Waals surface area contributed by atoms with Crippen LogP contribution in [0.4, 0.5) is 15.8 Å². The van der Waals surface area contributed by atoms with Crippen LogP contribution in [0, 0.1) is 5.82 Å². The van der Waals surface area contributed by atoms with E-state index >= 15 is 0 Å². The molecule has 1 fully saturated rings. The van der Waals surface area contributed by atoms with Gasteiger partial charge in [0, 0.05) is 47.5 Å². The van der Waals surface area contributed by atoms with Gasteiger partial charge >= 0.3 is 5.97 Å². The number of hydrogen-bond donors (Lipinski definition) is 7. The molecule has 2 aliphatic heterocycles. The number of carbonyl (C=O) groups is 4. The summed E-state index contributed by atoms with van der Waals surface area (Å²) < 4.78 is 107. The van der Waals surface area contributed by atoms with E-state index in [4.69, 9.17) is 35.4 Å². The van der Waals surface area contributed by atoms with Gasteiger partial charge in [-0.05, 0) is 97.3 Å². The monoisotopic (exact) mass is 1030 g/mol. The second-order valence-corrected chi connectivity index (χ2v) is 20.1. The van der Waals surface area contributed by atoms with E-state index in [9.17, 15) is 49.5 Å². The number of nitrogen functional groups attached to an aromatic ring is 2. The number of pyridine rings is 1. The van der Waals surface area contributed by atoms with Crippen molar-refractivity contribution in [1.82, 2.24) is 20.9 Å². The summed E-state index contributed by atoms with van der Waals surface area (Å²) in [5.74, 6) is -3.85. The van der Waals surface area contributed by atoms with Gasteiger partial charge in [-0.3, -0.25) is 23.5 Å². The number of esters is 1. The first-order valence-electron chi connectivity index (χ1n) is 22.9. The lowest BCUT2D eigenvalue weighted by Gasteiger charge is -2.37. The van der Waals surface area contributed by atoms with Crippen molar-refractivity contribution in [2.75, 3.05) is 51.0 Å². The van der Waals surface area contributed by atoms with Crippen molar-refractivity contribution in [1.29, 1.82) is 0 Å². The van der Waals surface area contributed by atoms with Crippen LogP contribution in [0.5, 0.6) is 11.5 Å². The van der Waals surface area contributed by atoms with Gasteiger partial charge in [-0.2, -0.15) is 16.8 Å². The molecule has 8 rings (SSSR count). The van der Waals surface area contributed by atoms with E-state index in [1.54, 1.807) is 18.2 Å². The van der Waals surface area contributed by atoms with Crippen molar-refractivity contribution < 1.29 is 68.5 Å². The maximum absolute atomic E-state index is 13.7. The van der Waals surface area contributed by atoms with Crippen LogP contribution in [0.25, 0.3) is 0 Å². The topological polar surface area (TPSA) is 315 Å². The molecule has 0 bridgehead atoms. The highest BCUT2D eigenvalue weighted by atomic mass is 32.2. The predicted octanol–water partition coefficient (Wildman–Crippen LogP) is 4.78. The van der Waals surface area contributed by atoms with Crippen molar-refractivity contribution in [2.45, 2.75) is 72.8 Å². The largest absolute Gasteiger partial charge is 0.453 e. The highest BCUT2D eigenvalue weighted by Crippen LogP contribution is 2.60. The third-order valence-electron chi connectivity index (χ3n) is 12.9. The zero-order valence-corrected chi connectivity index (χ0v) is 40.6. The minimum absolute atomic E-state index is 0.00840. The number of amides is 3. The Hall–Kier alpha value is -7.02. The Labute approximate surface area is 413 Å². The first-order chi connectivity index (χ1) is 34.2. The van der Waals surface area contributed by atoms with Crippen LogP contribution in [0.2, 0.25) is 0 Å². The smallest absolute Gasteiger partial charge is 0.340 e. The van der Waals surface area contributed by atoms with E-state index in [1.165, 1.54) is 42.5 Å². The average molecular weight is 1030 g/mol. The molecule has 72 heavy (non-hydrogen) atoms. The van der Waals surface area contributed by atoms with Gasteiger partial charge in [-0.1, -0.05) is 38.1 Å². The normalized spacial score (nSPS) is 14.7. The SMILES string of the molecule is CCC(CC)(NC(=O)c1ccc(C2CC2)c(Cc2ccc(F)cc2)n1)C(=O)NCCOCCOCCNC(=O)c1ccc2c(c1)C(=O)OC21c2ccc(N)c(S(=O)(=O)O)c2Oc2c1ccc(N)c2S(=O)(=O)O. The fourth-order valence-corrected chi connectivity index (χ4v) is 10.5. The lowest BCUT2D eigenvalue weighted by atomic mass is 9.77. The van der Waals surface area contributed by atoms with Crippen LogP contribution in [0.15, 0.2) is 88.7 Å². The molecule has 0 radical (unpaired) electrons. The molecule has 0 atom stereocenters. The summed E-state index contributed by atoms with van der Waals surface area (Å²) in [5.41, 5.74) is 9.84. The van der Waals surface area contributed by atoms with Gasteiger partial charge < -0.3 is 46.4 Å². The van der Waals surface area contributed by atoms with Crippen molar-refractivity contribution in [3.63, 3.8) is 0 Å². The van der Waals surface area contributed by atoms with E-state index in [0.29, 0.717) is 25.2 Å². The van der Waals surface area contributed by atoms with Crippen molar-refractivity contribution in [2.24, 2.45) is 0 Å². The second-order valence-electron chi connectivity index (χ2n) is 17.4. The van der Waals surface area contributed by atoms with E-state index in [0.717, 1.165) is 41.8 Å². The fraction of sp³-hybridized carbons (Fsp3) is 0.327. The molecule has 1 aliphatic carbocycles. The molecule has 380 valence electrons. The Bertz CT molecular complexity index is 3130. The van der Waals surface area contributed by atoms with Crippen LogP contribution < -0.4 is 32.2 Å². The molecule has 3 amide bonds. The second kappa shape index (κ2) is 20.2. The molecule has 9 N–H and O–H groups in total. The standard InChI is InChI=1S/C49H51FN6O14S2/c1-3-48(4-2,56-45(58)38-18-12-31(28-7-8-28)39(55-38)25-27-5-10-30(50)11-6-27)47(60)54-20-22-68-24-23-67-21-19-53-44(57)29-9-13-33-32(26-29)46(59)70-49(33)34-14-16-36(51)42(71(61,62)63)40(34)69-41-35(49)15-17-37(52)43(41)72(64,65)66/h5-6,9-18,26,28H,3-4,7-8,19-25,51-52H2,1-2H3,(H,53,57)(H,54,60)(H,56,58)(H,61,62,63)(H,64,65,66). The van der Waals surface area contributed by atoms with Crippen molar-refractivity contribution >= 4 is 55.3 Å². The summed E-state index contributed by atoms with van der Waals surface area (Å²) in [6, 6.07) is 18.4. The molecule has 1 aromatic heterocycles. The minimum Gasteiger partial charge on any atom is -0.453 e. The summed E-state index contributed by atoms with van der Waals surface area (Å²) >= 11 is 0. The van der Waals surface area contributed by atoms with Crippen LogP contribution in [0.3, 0.4) is 0 Å². The molecule has 23 heteroatoms. The lowest BCUT2D eigenvalue weighted by Crippen LogP contribution is -2.58. The van der Waals surface area contributed by atoms with Gasteiger partial charge in [0.2, 0.25) is 5.91 Å². The molecule has 4 aromatic carbocycles. The van der Waals surface area contributed by atoms with Gasteiger partial charge in [-0.25, -0.2) is 14.2 Å². The summed E-state index contributed by atoms with van der Waals surface area (Å²) in [7, 11) is -10.3. The number of ether oxygens (including phenoxy) is 4. The zero-order chi connectivity index (χ0) is 51.8. The van der Waals surface area contributed by atoms with Gasteiger partial charge in [-0.15, -0.1) is 0 Å². The van der Waals surface area contributed by atoms with E-state index < -0.39 is 81.8 Å². The van der Waals surface area contributed by atoms with Crippen LogP contribution in [-0.4, -0.2) is 99.7 Å². The third-order valence-corrected chi connectivity index (χ3v) is 14.7. The predicted molar refractivity (Wildman–Crippen MR) is 256 cm³/mol. The number of rotatable bonds is 20. The number of hydrogen-bond acceptors (Lipinski definition) is 15. The molecular weight excluding hydrogens is 980 g/mol. The number of aromatic nitrogens is 1. The summed E-state index contributed by atoms with van der Waals surface area (Å²) in [6.45, 7) is 4.29. The van der Waals surface area contributed by atoms with E-state index in [-0.39, 0.29) is 84.8 Å². The van der Waals surface area contributed by atoms with Gasteiger partial charge in [0.15, 0.2) is 26.9 Å². The Morgan fingerprint density at radius 1 is 0.778 bits per heavy atom. The number of fused-ring (bicyclic) bond motifs is 6. The maximum atomic E-state index is 13.7. The van der Waals surface area contributed by atoms with Crippen molar-refractivity contribution in [3.8, 4) is 11.5 Å². The molecule has 3 aliphatic rings. The lowest BCUT2D eigenvalue weighted by molar-refractivity contribution is -0.128. The van der Waals surface area contributed by atoms with Gasteiger partial charge in [0.1, 0.15) is 17.1 Å². The molecule has 1 spiro atoms. The number of anilines is 2. The number of halogens is 1. The molecular formula is C49H51FN6O14S2. The third kappa shape index (κ3) is 10.1. The molecule has 20 nitrogen and oxygen atoms in total. The summed E-state index contributed by atoms with van der Waals surface area (Å²) in [4.78, 5) is 56.8. The Kier molecular flexibility index (Phi) is 14.4. The number of benzene rings is 4. The number of nitrogens with two attached hydrogens (primary N) is 2. The Balaban J connectivity index is 0.831. The van der Waals surface area contributed by atoms with E-state index in [1.807, 2.05) is 19.9 Å². The maximum Gasteiger partial charge on any atom is 0.340 e. The highest BCUT2D eigenvalue weighted by Gasteiger charge is 2.56. The first-order valence-corrected chi connectivity index (χ1v) is 25.8. The number of carbonyl (C=O) groups excluding carboxylic acids is 4. The van der Waals surface area contributed by atoms with Crippen molar-refractivity contribution in [3.05, 3.63) is 135 Å². The Morgan fingerprint density at radius 2 is 1.35 bits per heavy atom. The quantitative estimate of drug-likeness (QED) is 0.0239. The highest BCUT2D eigenvalue weighted by molar-refractivity contribution is 7.86. The Morgan fingerprint density at radius 3 is 1.90 bits per heavy atom. The molecule has 1 saturated carbocycles. The summed E-state index contributed by atoms with van der Waals surface area (Å²) in [6.07, 6.45) is 3.13. The zero-order valence-electron chi connectivity index (χ0n) is 39.0. The van der Waals surface area contributed by atoms with Crippen LogP contribution in [0.1, 0.15) is 110 Å². The molecule has 0 saturated heterocycles. The number of nitrogens with zero attached hydrogens (tertiary/aromatic N) is 1. The van der Waals surface area contributed by atoms with Gasteiger partial charge in [0.25, 0.3) is 32.1 Å². The molecule has 0 unspecified atom stereocenters. The van der Waals surface area contributed by atoms with E-state index in [2.05, 4.69) is 16.0 Å². The van der Waals surface area contributed by atoms with Crippen LogP contribution >= 0.6 is 0 Å². The minimum atomic E-state index is -5.17. The summed E-state index contributed by atoms with van der Waals surface area (Å²) in [5, 5.41) is 8.44. The molecule has 3 heterocycles. The fourth-order valence-electron chi connectivity index (χ4n) is 9.00. The first kappa shape index (κ1) is 51.3. The average Bonchev–Trinajstić information content (AvgIpc) is 4.14.